The van der Waals surface area contributed by atoms with Crippen LogP contribution in [0.2, 0.25) is 0 Å². The van der Waals surface area contributed by atoms with E-state index in [9.17, 15) is 4.79 Å². The molecule has 0 unspecified atom stereocenters. The fourth-order valence-electron chi connectivity index (χ4n) is 2.72. The first-order chi connectivity index (χ1) is 9.75. The standard InChI is InChI=1S/C16H25N3O.2ClH/c1-13-10-14(12-17-11-13)16(20)19-9-8-18-15-6-4-2-3-5-7-15;;/h10-12,15,18H,2-9H2,1H3,(H,19,20);2*1H. The molecule has 1 fully saturated rings. The van der Waals surface area contributed by atoms with Crippen LogP contribution < -0.4 is 10.6 Å². The molecule has 0 radical (unpaired) electrons. The van der Waals surface area contributed by atoms with Crippen molar-refractivity contribution < 1.29 is 4.79 Å². The summed E-state index contributed by atoms with van der Waals surface area (Å²) in [5, 5.41) is 6.49. The van der Waals surface area contributed by atoms with Crippen LogP contribution in [-0.2, 0) is 0 Å². The Bertz CT molecular complexity index is 435. The van der Waals surface area contributed by atoms with E-state index in [4.69, 9.17) is 0 Å². The quantitative estimate of drug-likeness (QED) is 0.634. The highest BCUT2D eigenvalue weighted by Gasteiger charge is 2.11. The maximum Gasteiger partial charge on any atom is 0.252 e. The van der Waals surface area contributed by atoms with E-state index < -0.39 is 0 Å². The number of hydrogen-bond acceptors (Lipinski definition) is 3. The molecule has 0 spiro atoms. The fourth-order valence-corrected chi connectivity index (χ4v) is 2.72. The van der Waals surface area contributed by atoms with Gasteiger partial charge in [-0.2, -0.15) is 0 Å². The number of aromatic nitrogens is 1. The Morgan fingerprint density at radius 2 is 1.82 bits per heavy atom. The first-order valence-electron chi connectivity index (χ1n) is 7.69. The second-order valence-corrected chi connectivity index (χ2v) is 5.65. The van der Waals surface area contributed by atoms with Gasteiger partial charge in [0, 0.05) is 31.5 Å². The van der Waals surface area contributed by atoms with Gasteiger partial charge in [-0.15, -0.1) is 24.8 Å². The minimum absolute atomic E-state index is 0. The van der Waals surface area contributed by atoms with E-state index >= 15 is 0 Å². The zero-order valence-corrected chi connectivity index (χ0v) is 14.8. The van der Waals surface area contributed by atoms with Crippen molar-refractivity contribution in [3.63, 3.8) is 0 Å². The molecule has 1 aromatic rings. The van der Waals surface area contributed by atoms with E-state index in [2.05, 4.69) is 15.6 Å². The Labute approximate surface area is 145 Å². The Kier molecular flexibility index (Phi) is 11.2. The van der Waals surface area contributed by atoms with E-state index in [1.54, 1.807) is 12.4 Å². The zero-order valence-electron chi connectivity index (χ0n) is 13.1. The van der Waals surface area contributed by atoms with Gasteiger partial charge in [-0.3, -0.25) is 9.78 Å². The molecule has 1 aliphatic rings. The van der Waals surface area contributed by atoms with Crippen molar-refractivity contribution in [2.75, 3.05) is 13.1 Å². The molecular formula is C16H27Cl2N3O. The van der Waals surface area contributed by atoms with Crippen LogP contribution in [0, 0.1) is 6.92 Å². The van der Waals surface area contributed by atoms with Crippen molar-refractivity contribution in [3.05, 3.63) is 29.6 Å². The van der Waals surface area contributed by atoms with Crippen LogP contribution in [0.3, 0.4) is 0 Å². The third-order valence-electron chi connectivity index (χ3n) is 3.84. The topological polar surface area (TPSA) is 54.0 Å². The van der Waals surface area contributed by atoms with E-state index in [-0.39, 0.29) is 30.7 Å². The van der Waals surface area contributed by atoms with Crippen LogP contribution in [0.1, 0.15) is 54.4 Å². The molecule has 22 heavy (non-hydrogen) atoms. The lowest BCUT2D eigenvalue weighted by Gasteiger charge is -2.16. The number of rotatable bonds is 5. The molecule has 1 aromatic heterocycles. The number of hydrogen-bond donors (Lipinski definition) is 2. The second-order valence-electron chi connectivity index (χ2n) is 5.65. The second kappa shape index (κ2) is 11.7. The average molecular weight is 348 g/mol. The predicted molar refractivity (Wildman–Crippen MR) is 95.3 cm³/mol. The SMILES string of the molecule is Cc1cncc(C(=O)NCCNC2CCCCCC2)c1.Cl.Cl. The molecule has 2 N–H and O–H groups in total. The number of nitrogens with one attached hydrogen (secondary N) is 2. The molecule has 1 amide bonds. The number of carbonyl (C=O) groups excluding carboxylic acids is 1. The number of aryl methyl sites for hydroxylation is 1. The van der Waals surface area contributed by atoms with Crippen molar-refractivity contribution in [1.82, 2.24) is 15.6 Å². The Hall–Kier alpha value is -0.840. The van der Waals surface area contributed by atoms with Crippen molar-refractivity contribution >= 4 is 30.7 Å². The Balaban J connectivity index is 0.00000220. The van der Waals surface area contributed by atoms with Crippen molar-refractivity contribution in [1.29, 1.82) is 0 Å². The van der Waals surface area contributed by atoms with E-state index in [0.29, 0.717) is 18.2 Å². The third-order valence-corrected chi connectivity index (χ3v) is 3.84. The molecular weight excluding hydrogens is 321 g/mol. The molecule has 0 saturated heterocycles. The summed E-state index contributed by atoms with van der Waals surface area (Å²) >= 11 is 0. The first kappa shape index (κ1) is 21.2. The third kappa shape index (κ3) is 7.43. The van der Waals surface area contributed by atoms with Crippen LogP contribution in [0.15, 0.2) is 18.5 Å². The summed E-state index contributed by atoms with van der Waals surface area (Å²) in [4.78, 5) is 16.0. The van der Waals surface area contributed by atoms with Gasteiger partial charge in [-0.1, -0.05) is 25.7 Å². The van der Waals surface area contributed by atoms with Gasteiger partial charge in [-0.25, -0.2) is 0 Å². The van der Waals surface area contributed by atoms with Gasteiger partial charge < -0.3 is 10.6 Å². The number of pyridine rings is 1. The summed E-state index contributed by atoms with van der Waals surface area (Å²) in [5.74, 6) is -0.0381. The lowest BCUT2D eigenvalue weighted by molar-refractivity contribution is 0.0953. The van der Waals surface area contributed by atoms with E-state index in [1.165, 1.54) is 38.5 Å². The molecule has 0 bridgehead atoms. The molecule has 126 valence electrons. The minimum Gasteiger partial charge on any atom is -0.351 e. The van der Waals surface area contributed by atoms with Gasteiger partial charge in [-0.05, 0) is 31.4 Å². The van der Waals surface area contributed by atoms with Crippen LogP contribution in [0.25, 0.3) is 0 Å². The van der Waals surface area contributed by atoms with Gasteiger partial charge in [0.25, 0.3) is 5.91 Å². The molecule has 6 heteroatoms. The maximum absolute atomic E-state index is 11.9. The van der Waals surface area contributed by atoms with Crippen molar-refractivity contribution in [2.24, 2.45) is 0 Å². The lowest BCUT2D eigenvalue weighted by Crippen LogP contribution is -2.36. The highest BCUT2D eigenvalue weighted by atomic mass is 35.5. The van der Waals surface area contributed by atoms with E-state index in [1.807, 2.05) is 13.0 Å². The fraction of sp³-hybridized carbons (Fsp3) is 0.625. The molecule has 0 aromatic carbocycles. The monoisotopic (exact) mass is 347 g/mol. The van der Waals surface area contributed by atoms with Gasteiger partial charge in [0.2, 0.25) is 0 Å². The average Bonchev–Trinajstić information content (AvgIpc) is 2.72. The minimum atomic E-state index is -0.0381. The van der Waals surface area contributed by atoms with Gasteiger partial charge in [0.05, 0.1) is 5.56 Å². The van der Waals surface area contributed by atoms with Gasteiger partial charge in [0.1, 0.15) is 0 Å². The summed E-state index contributed by atoms with van der Waals surface area (Å²) in [6, 6.07) is 2.50. The molecule has 4 nitrogen and oxygen atoms in total. The summed E-state index contributed by atoms with van der Waals surface area (Å²) in [7, 11) is 0. The largest absolute Gasteiger partial charge is 0.351 e. The molecule has 1 heterocycles. The molecule has 2 rings (SSSR count). The molecule has 1 saturated carbocycles. The van der Waals surface area contributed by atoms with Crippen molar-refractivity contribution in [3.8, 4) is 0 Å². The number of carbonyl (C=O) groups is 1. The predicted octanol–water partition coefficient (Wildman–Crippen LogP) is 3.28. The first-order valence-corrected chi connectivity index (χ1v) is 7.69. The summed E-state index contributed by atoms with van der Waals surface area (Å²) < 4.78 is 0. The van der Waals surface area contributed by atoms with Crippen LogP contribution in [-0.4, -0.2) is 30.0 Å². The summed E-state index contributed by atoms with van der Waals surface area (Å²) in [6.07, 6.45) is 11.3. The number of amides is 1. The highest BCUT2D eigenvalue weighted by Crippen LogP contribution is 2.16. The Morgan fingerprint density at radius 1 is 1.14 bits per heavy atom. The number of nitrogens with zero attached hydrogens (tertiary/aromatic N) is 1. The summed E-state index contributed by atoms with van der Waals surface area (Å²) in [6.45, 7) is 3.45. The molecule has 0 atom stereocenters. The van der Waals surface area contributed by atoms with Gasteiger partial charge >= 0.3 is 0 Å². The number of halogens is 2. The van der Waals surface area contributed by atoms with Crippen LogP contribution in [0.4, 0.5) is 0 Å². The Morgan fingerprint density at radius 3 is 2.45 bits per heavy atom. The normalized spacial score (nSPS) is 15.1. The van der Waals surface area contributed by atoms with Crippen LogP contribution in [0.5, 0.6) is 0 Å². The smallest absolute Gasteiger partial charge is 0.252 e. The zero-order chi connectivity index (χ0) is 14.2. The molecule has 0 aliphatic heterocycles. The lowest BCUT2D eigenvalue weighted by atomic mass is 10.1. The van der Waals surface area contributed by atoms with Gasteiger partial charge in [0.15, 0.2) is 0 Å². The van der Waals surface area contributed by atoms with Crippen molar-refractivity contribution in [2.45, 2.75) is 51.5 Å². The summed E-state index contributed by atoms with van der Waals surface area (Å²) in [5.41, 5.74) is 1.65. The van der Waals surface area contributed by atoms with Crippen LogP contribution >= 0.6 is 24.8 Å². The highest BCUT2D eigenvalue weighted by molar-refractivity contribution is 5.93. The molecule has 1 aliphatic carbocycles. The maximum atomic E-state index is 11.9. The van der Waals surface area contributed by atoms with E-state index in [0.717, 1.165) is 12.1 Å².